The van der Waals surface area contributed by atoms with E-state index in [4.69, 9.17) is 10.8 Å². The van der Waals surface area contributed by atoms with Gasteiger partial charge in [-0.05, 0) is 35.4 Å². The summed E-state index contributed by atoms with van der Waals surface area (Å²) in [4.78, 5) is 10.5. The van der Waals surface area contributed by atoms with Gasteiger partial charge in [0, 0.05) is 11.2 Å². The van der Waals surface area contributed by atoms with Crippen molar-refractivity contribution in [2.45, 2.75) is 12.5 Å². The molecule has 0 radical (unpaired) electrons. The zero-order chi connectivity index (χ0) is 13.0. The molecule has 0 bridgehead atoms. The summed E-state index contributed by atoms with van der Waals surface area (Å²) in [5, 5.41) is 15.2. The molecule has 1 aromatic carbocycles. The van der Waals surface area contributed by atoms with Crippen LogP contribution in [0, 0.1) is 0 Å². The van der Waals surface area contributed by atoms with E-state index in [9.17, 15) is 4.79 Å². The normalized spacial score (nSPS) is 12.7. The zero-order valence-electron chi connectivity index (χ0n) is 9.93. The van der Waals surface area contributed by atoms with Crippen molar-refractivity contribution in [3.8, 4) is 0 Å². The summed E-state index contributed by atoms with van der Waals surface area (Å²) in [6, 6.07) is 7.46. The van der Waals surface area contributed by atoms with Crippen molar-refractivity contribution in [2.24, 2.45) is 5.73 Å². The van der Waals surface area contributed by atoms with Gasteiger partial charge in [-0.1, -0.05) is 18.2 Å². The third kappa shape index (κ3) is 3.07. The molecular formula is C13H16N2O2S. The highest BCUT2D eigenvalue weighted by Gasteiger charge is 2.10. The van der Waals surface area contributed by atoms with Gasteiger partial charge in [-0.15, -0.1) is 11.3 Å². The number of fused-ring (bicyclic) bond motifs is 1. The lowest BCUT2D eigenvalue weighted by Crippen LogP contribution is -2.40. The summed E-state index contributed by atoms with van der Waals surface area (Å²) in [5.74, 6) is -0.969. The van der Waals surface area contributed by atoms with E-state index in [1.54, 1.807) is 11.3 Å². The standard InChI is InChI=1S/C13H16N2O2S/c14-11(13(16)17)7-15-6-5-9-8-18-12-4-2-1-3-10(9)12/h1-4,8,11,15H,5-7,14H2,(H,16,17). The Balaban J connectivity index is 1.85. The molecule has 18 heavy (non-hydrogen) atoms. The molecule has 1 heterocycles. The third-order valence-electron chi connectivity index (χ3n) is 2.81. The van der Waals surface area contributed by atoms with Gasteiger partial charge in [0.25, 0.3) is 0 Å². The predicted molar refractivity (Wildman–Crippen MR) is 74.0 cm³/mol. The molecule has 0 aliphatic heterocycles. The smallest absolute Gasteiger partial charge is 0.321 e. The number of thiophene rings is 1. The number of aliphatic carboxylic acids is 1. The van der Waals surface area contributed by atoms with E-state index in [2.05, 4.69) is 22.8 Å². The maximum Gasteiger partial charge on any atom is 0.321 e. The Hall–Kier alpha value is -1.43. The van der Waals surface area contributed by atoms with E-state index in [1.165, 1.54) is 15.6 Å². The van der Waals surface area contributed by atoms with Crippen molar-refractivity contribution >= 4 is 27.4 Å². The van der Waals surface area contributed by atoms with Gasteiger partial charge in [0.1, 0.15) is 6.04 Å². The topological polar surface area (TPSA) is 75.3 Å². The molecule has 0 amide bonds. The molecule has 2 aromatic rings. The summed E-state index contributed by atoms with van der Waals surface area (Å²) in [5.41, 5.74) is 6.70. The lowest BCUT2D eigenvalue weighted by molar-refractivity contribution is -0.138. The summed E-state index contributed by atoms with van der Waals surface area (Å²) in [6.45, 7) is 1.04. The predicted octanol–water partition coefficient (Wildman–Crippen LogP) is 1.45. The minimum Gasteiger partial charge on any atom is -0.480 e. The molecule has 1 aromatic heterocycles. The van der Waals surface area contributed by atoms with E-state index in [0.717, 1.165) is 13.0 Å². The average Bonchev–Trinajstić information content (AvgIpc) is 2.77. The number of nitrogens with one attached hydrogen (secondary N) is 1. The molecule has 4 N–H and O–H groups in total. The van der Waals surface area contributed by atoms with E-state index >= 15 is 0 Å². The Morgan fingerprint density at radius 3 is 3.00 bits per heavy atom. The highest BCUT2D eigenvalue weighted by Crippen LogP contribution is 2.25. The van der Waals surface area contributed by atoms with Crippen LogP contribution in [0.2, 0.25) is 0 Å². The summed E-state index contributed by atoms with van der Waals surface area (Å²) < 4.78 is 1.29. The summed E-state index contributed by atoms with van der Waals surface area (Å²) in [7, 11) is 0. The number of carboxylic acids is 1. The number of hydrogen-bond donors (Lipinski definition) is 3. The molecule has 96 valence electrons. The second-order valence-corrected chi connectivity index (χ2v) is 5.07. The molecule has 0 saturated heterocycles. The third-order valence-corrected chi connectivity index (χ3v) is 3.83. The number of nitrogens with two attached hydrogens (primary N) is 1. The highest BCUT2D eigenvalue weighted by atomic mass is 32.1. The molecule has 0 aliphatic carbocycles. The minimum absolute atomic E-state index is 0.303. The average molecular weight is 264 g/mol. The van der Waals surface area contributed by atoms with Crippen molar-refractivity contribution in [2.75, 3.05) is 13.1 Å². The summed E-state index contributed by atoms with van der Waals surface area (Å²) in [6.07, 6.45) is 0.885. The van der Waals surface area contributed by atoms with Gasteiger partial charge in [0.05, 0.1) is 0 Å². The second-order valence-electron chi connectivity index (χ2n) is 4.16. The van der Waals surface area contributed by atoms with E-state index in [0.29, 0.717) is 6.54 Å². The van der Waals surface area contributed by atoms with Crippen LogP contribution in [-0.2, 0) is 11.2 Å². The maximum absolute atomic E-state index is 10.5. The van der Waals surface area contributed by atoms with Crippen LogP contribution in [-0.4, -0.2) is 30.2 Å². The molecule has 0 fully saturated rings. The first-order chi connectivity index (χ1) is 8.68. The first-order valence-electron chi connectivity index (χ1n) is 5.82. The van der Waals surface area contributed by atoms with Gasteiger partial charge >= 0.3 is 5.97 Å². The van der Waals surface area contributed by atoms with Crippen LogP contribution >= 0.6 is 11.3 Å². The minimum atomic E-state index is -0.969. The quantitative estimate of drug-likeness (QED) is 0.690. The fourth-order valence-electron chi connectivity index (χ4n) is 1.79. The molecule has 0 saturated carbocycles. The monoisotopic (exact) mass is 264 g/mol. The number of benzene rings is 1. The van der Waals surface area contributed by atoms with Crippen LogP contribution in [0.5, 0.6) is 0 Å². The van der Waals surface area contributed by atoms with Crippen molar-refractivity contribution in [3.05, 3.63) is 35.2 Å². The lowest BCUT2D eigenvalue weighted by atomic mass is 10.1. The number of carbonyl (C=O) groups is 1. The van der Waals surface area contributed by atoms with E-state index in [-0.39, 0.29) is 0 Å². The number of rotatable bonds is 6. The highest BCUT2D eigenvalue weighted by molar-refractivity contribution is 7.17. The van der Waals surface area contributed by atoms with E-state index < -0.39 is 12.0 Å². The number of hydrogen-bond acceptors (Lipinski definition) is 4. The number of carboxylic acid groups (broad SMARTS) is 1. The lowest BCUT2D eigenvalue weighted by Gasteiger charge is -2.07. The van der Waals surface area contributed by atoms with Crippen molar-refractivity contribution in [1.29, 1.82) is 0 Å². The van der Waals surface area contributed by atoms with Gasteiger partial charge in [-0.3, -0.25) is 4.79 Å². The Morgan fingerprint density at radius 2 is 2.22 bits per heavy atom. The van der Waals surface area contributed by atoms with Gasteiger partial charge in [-0.2, -0.15) is 0 Å². The largest absolute Gasteiger partial charge is 0.480 e. The van der Waals surface area contributed by atoms with E-state index in [1.807, 2.05) is 12.1 Å². The fourth-order valence-corrected chi connectivity index (χ4v) is 2.79. The Bertz CT molecular complexity index is 539. The van der Waals surface area contributed by atoms with Gasteiger partial charge < -0.3 is 16.2 Å². The molecule has 1 atom stereocenters. The van der Waals surface area contributed by atoms with Crippen molar-refractivity contribution < 1.29 is 9.90 Å². The summed E-state index contributed by atoms with van der Waals surface area (Å²) >= 11 is 1.74. The van der Waals surface area contributed by atoms with Gasteiger partial charge in [-0.25, -0.2) is 0 Å². The van der Waals surface area contributed by atoms with Crippen LogP contribution < -0.4 is 11.1 Å². The first-order valence-corrected chi connectivity index (χ1v) is 6.70. The zero-order valence-corrected chi connectivity index (χ0v) is 10.7. The molecule has 0 aliphatic rings. The Kier molecular flexibility index (Phi) is 4.30. The van der Waals surface area contributed by atoms with Crippen molar-refractivity contribution in [3.63, 3.8) is 0 Å². The van der Waals surface area contributed by atoms with Crippen LogP contribution in [0.4, 0.5) is 0 Å². The van der Waals surface area contributed by atoms with Crippen LogP contribution in [0.3, 0.4) is 0 Å². The van der Waals surface area contributed by atoms with Crippen LogP contribution in [0.1, 0.15) is 5.56 Å². The molecular weight excluding hydrogens is 248 g/mol. The van der Waals surface area contributed by atoms with Crippen LogP contribution in [0.15, 0.2) is 29.6 Å². The second kappa shape index (κ2) is 5.95. The SMILES string of the molecule is NC(CNCCc1csc2ccccc12)C(=O)O. The van der Waals surface area contributed by atoms with Crippen LogP contribution in [0.25, 0.3) is 10.1 Å². The fraction of sp³-hybridized carbons (Fsp3) is 0.308. The molecule has 0 spiro atoms. The van der Waals surface area contributed by atoms with Gasteiger partial charge in [0.15, 0.2) is 0 Å². The molecule has 5 heteroatoms. The Labute approximate surface area is 109 Å². The maximum atomic E-state index is 10.5. The molecule has 1 unspecified atom stereocenters. The Morgan fingerprint density at radius 1 is 1.44 bits per heavy atom. The van der Waals surface area contributed by atoms with Crippen molar-refractivity contribution in [1.82, 2.24) is 5.32 Å². The molecule has 4 nitrogen and oxygen atoms in total. The first kappa shape index (κ1) is 13.0. The van der Waals surface area contributed by atoms with Gasteiger partial charge in [0.2, 0.25) is 0 Å². The molecule has 2 rings (SSSR count).